The minimum Gasteiger partial charge on any atom is -0.493 e. The molecule has 0 aromatic heterocycles. The molecule has 5 aliphatic rings. The Hall–Kier alpha value is -2.73. The first kappa shape index (κ1) is 26.2. The molecule has 2 aromatic carbocycles. The molecule has 2 N–H and O–H groups in total. The molecule has 1 saturated heterocycles. The van der Waals surface area contributed by atoms with Crippen molar-refractivity contribution in [3.05, 3.63) is 57.6 Å². The number of rotatable bonds is 9. The minimum atomic E-state index is -4.11. The lowest BCUT2D eigenvalue weighted by Crippen LogP contribution is -2.73. The van der Waals surface area contributed by atoms with E-state index in [1.54, 1.807) is 7.11 Å². The van der Waals surface area contributed by atoms with Gasteiger partial charge in [0.05, 0.1) is 18.1 Å². The van der Waals surface area contributed by atoms with Crippen molar-refractivity contribution in [2.75, 3.05) is 26.7 Å². The Labute approximate surface area is 233 Å². The highest BCUT2D eigenvalue weighted by Gasteiger charge is 2.72. The molecule has 3 aliphatic carbocycles. The van der Waals surface area contributed by atoms with Gasteiger partial charge in [0.2, 0.25) is 10.0 Å². The van der Waals surface area contributed by atoms with Crippen LogP contribution in [0.2, 0.25) is 0 Å². The number of hydrogen-bond acceptors (Lipinski definition) is 8. The van der Waals surface area contributed by atoms with E-state index in [1.165, 1.54) is 42.7 Å². The molecular weight excluding hydrogens is 534 g/mol. The molecule has 5 atom stereocenters. The summed E-state index contributed by atoms with van der Waals surface area (Å²) in [6.07, 6.45) is 4.97. The molecule has 0 radical (unpaired) electrons. The Kier molecular flexibility index (Phi) is 5.98. The summed E-state index contributed by atoms with van der Waals surface area (Å²) in [5.74, 6) is 2.10. The number of aliphatic hydroxyl groups excluding tert-OH is 1. The second kappa shape index (κ2) is 9.14. The number of nitro benzene ring substituents is 1. The quantitative estimate of drug-likeness (QED) is 0.348. The molecule has 1 spiro atoms. The third-order valence-corrected chi connectivity index (χ3v) is 11.9. The summed E-state index contributed by atoms with van der Waals surface area (Å²) in [5.41, 5.74) is 1.14. The fourth-order valence-electron chi connectivity index (χ4n) is 8.66. The van der Waals surface area contributed by atoms with Crippen LogP contribution in [0.4, 0.5) is 5.69 Å². The summed E-state index contributed by atoms with van der Waals surface area (Å²) < 4.78 is 41.7. The molecule has 0 amide bonds. The van der Waals surface area contributed by atoms with Crippen molar-refractivity contribution in [2.45, 2.75) is 73.5 Å². The number of nitrogens with zero attached hydrogens (tertiary/aromatic N) is 2. The molecule has 10 nitrogen and oxygen atoms in total. The molecule has 3 fully saturated rings. The monoisotopic (exact) mass is 569 g/mol. The standard InChI is InChI=1S/C29H35N3O7S/c1-38-22-9-8-19-16-24-28(12-14-30-40(36,37)23-5-3-2-4-20(23)32(34)35)11-10-21(33)27-29(28,25(19)26(22)39-27)13-15-31(24)17-18-6-7-18/h2-5,8-9,18,21,24,27,30,33H,6-7,10-17H2,1H3/t21-,24+,27-,28+,29-/m0/s1. The molecule has 0 unspecified atom stereocenters. The second-order valence-electron chi connectivity index (χ2n) is 12.2. The van der Waals surface area contributed by atoms with Gasteiger partial charge in [0.1, 0.15) is 6.10 Å². The van der Waals surface area contributed by atoms with Crippen LogP contribution >= 0.6 is 0 Å². The van der Waals surface area contributed by atoms with Gasteiger partial charge in [0.25, 0.3) is 5.69 Å². The van der Waals surface area contributed by atoms with Crippen molar-refractivity contribution < 1.29 is 27.9 Å². The second-order valence-corrected chi connectivity index (χ2v) is 13.9. The lowest BCUT2D eigenvalue weighted by molar-refractivity contribution is -0.387. The lowest BCUT2D eigenvalue weighted by Gasteiger charge is -2.66. The number of nitrogens with one attached hydrogen (secondary N) is 1. The van der Waals surface area contributed by atoms with Gasteiger partial charge in [-0.25, -0.2) is 13.1 Å². The first-order chi connectivity index (χ1) is 19.2. The van der Waals surface area contributed by atoms with Crippen LogP contribution in [-0.2, 0) is 21.9 Å². The Morgan fingerprint density at radius 3 is 2.75 bits per heavy atom. The van der Waals surface area contributed by atoms with E-state index in [1.807, 2.05) is 6.07 Å². The third-order valence-electron chi connectivity index (χ3n) is 10.4. The van der Waals surface area contributed by atoms with Gasteiger partial charge < -0.3 is 14.6 Å². The van der Waals surface area contributed by atoms with E-state index in [4.69, 9.17) is 9.47 Å². The maximum Gasteiger partial charge on any atom is 0.289 e. The first-order valence-electron chi connectivity index (χ1n) is 14.2. The summed E-state index contributed by atoms with van der Waals surface area (Å²) in [4.78, 5) is 13.2. The molecule has 2 bridgehead atoms. The molecule has 2 aromatic rings. The van der Waals surface area contributed by atoms with E-state index in [2.05, 4.69) is 15.7 Å². The highest BCUT2D eigenvalue weighted by molar-refractivity contribution is 7.89. The highest BCUT2D eigenvalue weighted by atomic mass is 32.2. The Morgan fingerprint density at radius 2 is 2.00 bits per heavy atom. The highest BCUT2D eigenvalue weighted by Crippen LogP contribution is 2.70. The summed E-state index contributed by atoms with van der Waals surface area (Å²) >= 11 is 0. The average molecular weight is 570 g/mol. The number of ether oxygens (including phenoxy) is 2. The van der Waals surface area contributed by atoms with Crippen LogP contribution in [0.3, 0.4) is 0 Å². The van der Waals surface area contributed by atoms with Crippen LogP contribution in [0.15, 0.2) is 41.3 Å². The summed E-state index contributed by atoms with van der Waals surface area (Å²) in [5, 5.41) is 22.9. The maximum atomic E-state index is 13.3. The number of benzene rings is 2. The van der Waals surface area contributed by atoms with E-state index in [-0.39, 0.29) is 22.9 Å². The largest absolute Gasteiger partial charge is 0.493 e. The van der Waals surface area contributed by atoms with Gasteiger partial charge in [-0.05, 0) is 75.1 Å². The average Bonchev–Trinajstić information content (AvgIpc) is 3.69. The molecule has 7 rings (SSSR count). The van der Waals surface area contributed by atoms with Gasteiger partial charge in [0, 0.05) is 41.6 Å². The molecule has 2 aliphatic heterocycles. The van der Waals surface area contributed by atoms with Crippen molar-refractivity contribution in [3.8, 4) is 11.5 Å². The van der Waals surface area contributed by atoms with Crippen LogP contribution in [-0.4, -0.2) is 68.3 Å². The number of aliphatic hydroxyl groups is 1. The fourth-order valence-corrected chi connectivity index (χ4v) is 9.86. The van der Waals surface area contributed by atoms with Crippen LogP contribution in [0.5, 0.6) is 11.5 Å². The van der Waals surface area contributed by atoms with Crippen molar-refractivity contribution in [1.82, 2.24) is 9.62 Å². The predicted octanol–water partition coefficient (Wildman–Crippen LogP) is 3.15. The molecule has 214 valence electrons. The molecule has 11 heteroatoms. The number of piperidine rings is 1. The maximum absolute atomic E-state index is 13.3. The first-order valence-corrected chi connectivity index (χ1v) is 15.7. The zero-order chi connectivity index (χ0) is 27.9. The Bertz CT molecular complexity index is 1480. The number of para-hydroxylation sites is 1. The summed E-state index contributed by atoms with van der Waals surface area (Å²) in [7, 11) is -2.48. The van der Waals surface area contributed by atoms with Crippen molar-refractivity contribution in [2.24, 2.45) is 11.3 Å². The van der Waals surface area contributed by atoms with Crippen LogP contribution in [0, 0.1) is 21.4 Å². The predicted molar refractivity (Wildman–Crippen MR) is 146 cm³/mol. The van der Waals surface area contributed by atoms with E-state index in [0.717, 1.165) is 43.7 Å². The zero-order valence-electron chi connectivity index (χ0n) is 22.5. The minimum absolute atomic E-state index is 0.140. The van der Waals surface area contributed by atoms with Crippen LogP contribution < -0.4 is 14.2 Å². The topological polar surface area (TPSA) is 131 Å². The zero-order valence-corrected chi connectivity index (χ0v) is 23.4. The number of sulfonamides is 1. The van der Waals surface area contributed by atoms with Gasteiger partial charge >= 0.3 is 0 Å². The van der Waals surface area contributed by atoms with Crippen molar-refractivity contribution in [1.29, 1.82) is 0 Å². The summed E-state index contributed by atoms with van der Waals surface area (Å²) in [6.45, 7) is 2.09. The molecule has 2 saturated carbocycles. The van der Waals surface area contributed by atoms with Gasteiger partial charge in [-0.15, -0.1) is 0 Å². The normalized spacial score (nSPS) is 32.3. The number of likely N-dealkylation sites (tertiary alicyclic amines) is 1. The number of nitro groups is 1. The van der Waals surface area contributed by atoms with Crippen molar-refractivity contribution in [3.63, 3.8) is 0 Å². The number of methoxy groups -OCH3 is 1. The van der Waals surface area contributed by atoms with E-state index < -0.39 is 38.3 Å². The van der Waals surface area contributed by atoms with Gasteiger partial charge in [-0.2, -0.15) is 0 Å². The Morgan fingerprint density at radius 1 is 1.20 bits per heavy atom. The van der Waals surface area contributed by atoms with Crippen LogP contribution in [0.25, 0.3) is 0 Å². The molecular formula is C29H35N3O7S. The lowest BCUT2D eigenvalue weighted by atomic mass is 9.42. The van der Waals surface area contributed by atoms with Gasteiger partial charge in [0.15, 0.2) is 16.4 Å². The van der Waals surface area contributed by atoms with E-state index >= 15 is 0 Å². The third kappa shape index (κ3) is 3.60. The van der Waals surface area contributed by atoms with E-state index in [0.29, 0.717) is 24.5 Å². The van der Waals surface area contributed by atoms with Gasteiger partial charge in [-0.1, -0.05) is 18.2 Å². The smallest absolute Gasteiger partial charge is 0.289 e. The van der Waals surface area contributed by atoms with Crippen LogP contribution in [0.1, 0.15) is 49.7 Å². The fraction of sp³-hybridized carbons (Fsp3) is 0.586. The summed E-state index contributed by atoms with van der Waals surface area (Å²) in [6, 6.07) is 9.73. The van der Waals surface area contributed by atoms with E-state index in [9.17, 15) is 23.6 Å². The Balaban J connectivity index is 1.29. The molecule has 2 heterocycles. The number of hydrogen-bond donors (Lipinski definition) is 2. The SMILES string of the molecule is COc1ccc2c3c1O[C@H]1[C@@H](O)CC[C@@]4(CCNS(=O)(=O)c5ccccc5[N+](=O)[O-])[C@@H](C2)N(CC2CC2)CC[C@]314. The van der Waals surface area contributed by atoms with Gasteiger partial charge in [-0.3, -0.25) is 15.0 Å². The van der Waals surface area contributed by atoms with Crippen molar-refractivity contribution >= 4 is 15.7 Å². The molecule has 40 heavy (non-hydrogen) atoms.